The van der Waals surface area contributed by atoms with Crippen LogP contribution in [0, 0.1) is 0 Å². The van der Waals surface area contributed by atoms with Crippen LogP contribution in [0.2, 0.25) is 0 Å². The van der Waals surface area contributed by atoms with Gasteiger partial charge in [-0.1, -0.05) is 18.2 Å². The van der Waals surface area contributed by atoms with E-state index in [1.165, 1.54) is 17.2 Å². The molecule has 0 saturated carbocycles. The third kappa shape index (κ3) is 3.45. The Labute approximate surface area is 164 Å². The summed E-state index contributed by atoms with van der Waals surface area (Å²) in [6, 6.07) is 8.57. The minimum Gasteiger partial charge on any atom is -0.394 e. The van der Waals surface area contributed by atoms with Crippen molar-refractivity contribution in [2.75, 3.05) is 11.9 Å². The highest BCUT2D eigenvalue weighted by molar-refractivity contribution is 6.06. The summed E-state index contributed by atoms with van der Waals surface area (Å²) in [5, 5.41) is 42.3. The predicted molar refractivity (Wildman–Crippen MR) is 98.7 cm³/mol. The quantitative estimate of drug-likeness (QED) is 0.371. The first-order valence-corrected chi connectivity index (χ1v) is 8.85. The summed E-state index contributed by atoms with van der Waals surface area (Å²) in [6.45, 7) is -0.554. The molecule has 1 saturated heterocycles. The summed E-state index contributed by atoms with van der Waals surface area (Å²) in [6.07, 6.45) is -4.23. The second-order valence-electron chi connectivity index (χ2n) is 6.59. The van der Waals surface area contributed by atoms with Gasteiger partial charge in [-0.05, 0) is 12.1 Å². The largest absolute Gasteiger partial charge is 0.394 e. The lowest BCUT2D eigenvalue weighted by molar-refractivity contribution is -0.250. The standard InChI is InChI=1S/C18H19N5O6/c24-6-10-12(25)13(26)14(27)18(29-10)23-8-21-11-15(19-7-20-16(11)23)22-17(28)9-4-2-1-3-5-9/h1-5,7-8,10,12-14,18,24-27H,6H2,(H,19,20,22,28)/t10-,12-,13+,14-,18-/m1/s1. The molecule has 3 heterocycles. The van der Waals surface area contributed by atoms with Crippen LogP contribution in [0.25, 0.3) is 11.2 Å². The smallest absolute Gasteiger partial charge is 0.256 e. The van der Waals surface area contributed by atoms with Crippen LogP contribution in [0.1, 0.15) is 16.6 Å². The zero-order valence-corrected chi connectivity index (χ0v) is 15.0. The fourth-order valence-corrected chi connectivity index (χ4v) is 3.21. The summed E-state index contributed by atoms with van der Waals surface area (Å²) in [5.41, 5.74) is 0.911. The molecule has 5 atom stereocenters. The van der Waals surface area contributed by atoms with Crippen LogP contribution in [-0.2, 0) is 4.74 Å². The molecule has 4 rings (SSSR count). The minimum atomic E-state index is -1.54. The first kappa shape index (κ1) is 19.4. The van der Waals surface area contributed by atoms with Gasteiger partial charge in [0.05, 0.1) is 12.9 Å². The number of amides is 1. The van der Waals surface area contributed by atoms with Crippen molar-refractivity contribution in [3.8, 4) is 0 Å². The Morgan fingerprint density at radius 1 is 1.07 bits per heavy atom. The molecule has 1 amide bonds. The van der Waals surface area contributed by atoms with Gasteiger partial charge in [-0.2, -0.15) is 0 Å². The minimum absolute atomic E-state index is 0.159. The number of benzene rings is 1. The Kier molecular flexibility index (Phi) is 5.22. The summed E-state index contributed by atoms with van der Waals surface area (Å²) in [4.78, 5) is 24.8. The lowest BCUT2D eigenvalue weighted by atomic mass is 9.98. The molecule has 1 aliphatic rings. The maximum absolute atomic E-state index is 12.4. The molecule has 2 aromatic heterocycles. The van der Waals surface area contributed by atoms with Crippen molar-refractivity contribution in [3.05, 3.63) is 48.5 Å². The fraction of sp³-hybridized carbons (Fsp3) is 0.333. The third-order valence-corrected chi connectivity index (χ3v) is 4.77. The Morgan fingerprint density at radius 2 is 1.83 bits per heavy atom. The van der Waals surface area contributed by atoms with Gasteiger partial charge in [-0.25, -0.2) is 15.0 Å². The number of imidazole rings is 1. The van der Waals surface area contributed by atoms with Crippen LogP contribution in [0.4, 0.5) is 5.82 Å². The number of nitrogens with zero attached hydrogens (tertiary/aromatic N) is 4. The highest BCUT2D eigenvalue weighted by atomic mass is 16.6. The van der Waals surface area contributed by atoms with Gasteiger partial charge in [-0.3, -0.25) is 9.36 Å². The molecule has 0 radical (unpaired) electrons. The maximum atomic E-state index is 12.4. The monoisotopic (exact) mass is 401 g/mol. The van der Waals surface area contributed by atoms with Crippen molar-refractivity contribution in [3.63, 3.8) is 0 Å². The number of anilines is 1. The van der Waals surface area contributed by atoms with Crippen molar-refractivity contribution in [2.24, 2.45) is 0 Å². The predicted octanol–water partition coefficient (Wildman–Crippen LogP) is -0.949. The molecular weight excluding hydrogens is 382 g/mol. The van der Waals surface area contributed by atoms with Crippen molar-refractivity contribution in [1.29, 1.82) is 0 Å². The van der Waals surface area contributed by atoms with E-state index in [9.17, 15) is 25.2 Å². The number of aliphatic hydroxyl groups is 4. The second kappa shape index (κ2) is 7.81. The molecule has 5 N–H and O–H groups in total. The zero-order chi connectivity index (χ0) is 20.5. The number of aromatic nitrogens is 4. The number of aliphatic hydroxyl groups excluding tert-OH is 4. The summed E-state index contributed by atoms with van der Waals surface area (Å²) in [5.74, 6) is -0.222. The van der Waals surface area contributed by atoms with Gasteiger partial charge in [0.2, 0.25) is 0 Å². The van der Waals surface area contributed by atoms with E-state index in [-0.39, 0.29) is 22.9 Å². The highest BCUT2D eigenvalue weighted by Crippen LogP contribution is 2.31. The van der Waals surface area contributed by atoms with Crippen LogP contribution >= 0.6 is 0 Å². The molecule has 11 heteroatoms. The number of hydrogen-bond donors (Lipinski definition) is 5. The van der Waals surface area contributed by atoms with E-state index in [1.807, 2.05) is 0 Å². The molecule has 0 bridgehead atoms. The number of fused-ring (bicyclic) bond motifs is 1. The summed E-state index contributed by atoms with van der Waals surface area (Å²) >= 11 is 0. The Bertz CT molecular complexity index is 1010. The number of carbonyl (C=O) groups is 1. The lowest BCUT2D eigenvalue weighted by Gasteiger charge is -2.40. The fourth-order valence-electron chi connectivity index (χ4n) is 3.21. The van der Waals surface area contributed by atoms with Crippen LogP contribution < -0.4 is 5.32 Å². The topological polar surface area (TPSA) is 163 Å². The highest BCUT2D eigenvalue weighted by Gasteiger charge is 2.44. The average molecular weight is 401 g/mol. The normalized spacial score (nSPS) is 27.1. The molecule has 0 aliphatic carbocycles. The van der Waals surface area contributed by atoms with E-state index in [2.05, 4.69) is 20.3 Å². The van der Waals surface area contributed by atoms with Gasteiger partial charge in [0.1, 0.15) is 30.7 Å². The van der Waals surface area contributed by atoms with Gasteiger partial charge >= 0.3 is 0 Å². The van der Waals surface area contributed by atoms with Crippen molar-refractivity contribution in [1.82, 2.24) is 19.5 Å². The average Bonchev–Trinajstić information content (AvgIpc) is 3.18. The molecular formula is C18H19N5O6. The van der Waals surface area contributed by atoms with E-state index in [0.717, 1.165) is 0 Å². The van der Waals surface area contributed by atoms with Crippen LogP contribution in [0.15, 0.2) is 43.0 Å². The third-order valence-electron chi connectivity index (χ3n) is 4.77. The second-order valence-corrected chi connectivity index (χ2v) is 6.59. The Balaban J connectivity index is 1.66. The molecule has 3 aromatic rings. The van der Waals surface area contributed by atoms with Crippen molar-refractivity contribution >= 4 is 22.9 Å². The molecule has 29 heavy (non-hydrogen) atoms. The Hall–Kier alpha value is -2.96. The first-order valence-electron chi connectivity index (χ1n) is 8.85. The van der Waals surface area contributed by atoms with E-state index >= 15 is 0 Å². The van der Waals surface area contributed by atoms with E-state index < -0.39 is 37.3 Å². The van der Waals surface area contributed by atoms with Gasteiger partial charge < -0.3 is 30.5 Å². The van der Waals surface area contributed by atoms with E-state index in [1.54, 1.807) is 30.3 Å². The van der Waals surface area contributed by atoms with Crippen molar-refractivity contribution in [2.45, 2.75) is 30.6 Å². The zero-order valence-electron chi connectivity index (χ0n) is 15.0. The van der Waals surface area contributed by atoms with E-state index in [4.69, 9.17) is 4.74 Å². The first-order chi connectivity index (χ1) is 14.0. The number of rotatable bonds is 4. The van der Waals surface area contributed by atoms with Crippen LogP contribution in [-0.4, -0.2) is 76.9 Å². The number of nitrogens with one attached hydrogen (secondary N) is 1. The summed E-state index contributed by atoms with van der Waals surface area (Å²) < 4.78 is 6.88. The van der Waals surface area contributed by atoms with E-state index in [0.29, 0.717) is 5.56 Å². The maximum Gasteiger partial charge on any atom is 0.256 e. The summed E-state index contributed by atoms with van der Waals surface area (Å²) in [7, 11) is 0. The number of hydrogen-bond acceptors (Lipinski definition) is 9. The molecule has 1 aliphatic heterocycles. The molecule has 11 nitrogen and oxygen atoms in total. The Morgan fingerprint density at radius 3 is 2.55 bits per heavy atom. The van der Waals surface area contributed by atoms with Crippen molar-refractivity contribution < 1.29 is 30.0 Å². The van der Waals surface area contributed by atoms with Crippen LogP contribution in [0.5, 0.6) is 0 Å². The number of ether oxygens (including phenoxy) is 1. The molecule has 1 aromatic carbocycles. The molecule has 0 spiro atoms. The SMILES string of the molecule is O=C(Nc1ncnc2c1ncn2[C@@H]1O[C@H](CO)[C@@H](O)[C@H](O)[C@H]1O)c1ccccc1. The molecule has 1 fully saturated rings. The lowest BCUT2D eigenvalue weighted by Crippen LogP contribution is -2.56. The van der Waals surface area contributed by atoms with Gasteiger partial charge in [0, 0.05) is 5.56 Å². The number of carbonyl (C=O) groups excluding carboxylic acids is 1. The molecule has 152 valence electrons. The molecule has 0 unspecified atom stereocenters. The van der Waals surface area contributed by atoms with Gasteiger partial charge in [0.25, 0.3) is 5.91 Å². The van der Waals surface area contributed by atoms with Gasteiger partial charge in [0.15, 0.2) is 23.2 Å². The van der Waals surface area contributed by atoms with Gasteiger partial charge in [-0.15, -0.1) is 0 Å². The van der Waals surface area contributed by atoms with Crippen LogP contribution in [0.3, 0.4) is 0 Å².